The molecule has 1 aliphatic rings. The number of nitrogens with two attached hydrogens (primary N) is 1. The van der Waals surface area contributed by atoms with Crippen LogP contribution in [0.3, 0.4) is 0 Å². The van der Waals surface area contributed by atoms with Crippen LogP contribution in [0, 0.1) is 5.82 Å². The number of anilines is 1. The van der Waals surface area contributed by atoms with E-state index in [-0.39, 0.29) is 11.5 Å². The Labute approximate surface area is 156 Å². The third-order valence-electron chi connectivity index (χ3n) is 4.83. The first-order valence-electron chi connectivity index (χ1n) is 8.92. The van der Waals surface area contributed by atoms with E-state index < -0.39 is 11.7 Å². The van der Waals surface area contributed by atoms with Gasteiger partial charge in [-0.3, -0.25) is 10.1 Å². The second-order valence-electron chi connectivity index (χ2n) is 6.68. The Bertz CT molecular complexity index is 984. The summed E-state index contributed by atoms with van der Waals surface area (Å²) in [6.45, 7) is 1.22. The van der Waals surface area contributed by atoms with Crippen LogP contribution in [0.2, 0.25) is 0 Å². The summed E-state index contributed by atoms with van der Waals surface area (Å²) in [5.41, 5.74) is 8.33. The zero-order valence-corrected chi connectivity index (χ0v) is 14.7. The average molecular weight is 365 g/mol. The first-order chi connectivity index (χ1) is 13.1. The fourth-order valence-corrected chi connectivity index (χ4v) is 3.41. The third kappa shape index (κ3) is 3.73. The van der Waals surface area contributed by atoms with Gasteiger partial charge in [-0.05, 0) is 35.7 Å². The molecule has 4 rings (SSSR count). The molecule has 0 fully saturated rings. The zero-order valence-electron chi connectivity index (χ0n) is 14.7. The van der Waals surface area contributed by atoms with Gasteiger partial charge in [0.2, 0.25) is 5.95 Å². The molecular weight excluding hydrogens is 345 g/mol. The first-order valence-corrected chi connectivity index (χ1v) is 8.92. The van der Waals surface area contributed by atoms with Gasteiger partial charge in [0.15, 0.2) is 0 Å². The molecule has 3 N–H and O–H groups in total. The quantitative estimate of drug-likeness (QED) is 0.744. The van der Waals surface area contributed by atoms with Gasteiger partial charge in [-0.1, -0.05) is 30.3 Å². The number of rotatable bonds is 4. The van der Waals surface area contributed by atoms with E-state index in [9.17, 15) is 9.18 Å². The lowest BCUT2D eigenvalue weighted by Gasteiger charge is -2.23. The summed E-state index contributed by atoms with van der Waals surface area (Å²) < 4.78 is 15.1. The van der Waals surface area contributed by atoms with E-state index in [0.29, 0.717) is 19.0 Å². The van der Waals surface area contributed by atoms with Crippen molar-refractivity contribution in [2.45, 2.75) is 31.8 Å². The van der Waals surface area contributed by atoms with Crippen LogP contribution >= 0.6 is 0 Å². The summed E-state index contributed by atoms with van der Waals surface area (Å²) in [5.74, 6) is 0.538. The molecule has 0 radical (unpaired) electrons. The minimum absolute atomic E-state index is 0.235. The summed E-state index contributed by atoms with van der Waals surface area (Å²) in [6, 6.07) is 13.8. The molecule has 2 aromatic carbocycles. The van der Waals surface area contributed by atoms with Gasteiger partial charge >= 0.3 is 0 Å². The van der Waals surface area contributed by atoms with Crippen molar-refractivity contribution >= 4 is 11.9 Å². The van der Waals surface area contributed by atoms with E-state index in [4.69, 9.17) is 5.73 Å². The average Bonchev–Trinajstić information content (AvgIpc) is 3.09. The third-order valence-corrected chi connectivity index (χ3v) is 4.83. The highest BCUT2D eigenvalue weighted by atomic mass is 19.1. The van der Waals surface area contributed by atoms with E-state index in [1.807, 2.05) is 16.8 Å². The monoisotopic (exact) mass is 365 g/mol. The van der Waals surface area contributed by atoms with Gasteiger partial charge in [0.05, 0.1) is 0 Å². The highest BCUT2D eigenvalue weighted by Gasteiger charge is 2.23. The van der Waals surface area contributed by atoms with Crippen LogP contribution in [0.15, 0.2) is 48.5 Å². The lowest BCUT2D eigenvalue weighted by atomic mass is 9.91. The lowest BCUT2D eigenvalue weighted by Crippen LogP contribution is -2.20. The normalized spacial score (nSPS) is 16.0. The topological polar surface area (TPSA) is 85.8 Å². The SMILES string of the molecule is NCc1cccc(C2CCc3nc(NC(=O)c4cccc(F)c4)nn3C2)c1. The molecule has 3 aromatic rings. The highest BCUT2D eigenvalue weighted by molar-refractivity contribution is 6.03. The van der Waals surface area contributed by atoms with Gasteiger partial charge in [0, 0.05) is 31.0 Å². The number of halogens is 1. The fraction of sp³-hybridized carbons (Fsp3) is 0.250. The Hall–Kier alpha value is -3.06. The van der Waals surface area contributed by atoms with Crippen molar-refractivity contribution in [1.82, 2.24) is 14.8 Å². The highest BCUT2D eigenvalue weighted by Crippen LogP contribution is 2.29. The Morgan fingerprint density at radius 3 is 2.93 bits per heavy atom. The van der Waals surface area contributed by atoms with Gasteiger partial charge < -0.3 is 5.73 Å². The number of nitrogens with zero attached hydrogens (tertiary/aromatic N) is 3. The number of nitrogens with one attached hydrogen (secondary N) is 1. The molecule has 0 saturated heterocycles. The molecule has 27 heavy (non-hydrogen) atoms. The number of fused-ring (bicyclic) bond motifs is 1. The maximum Gasteiger partial charge on any atom is 0.258 e. The van der Waals surface area contributed by atoms with Crippen LogP contribution in [-0.2, 0) is 19.5 Å². The number of carbonyl (C=O) groups excluding carboxylic acids is 1. The summed E-state index contributed by atoms with van der Waals surface area (Å²) in [5, 5.41) is 7.06. The standard InChI is InChI=1S/C20H20FN5O/c21-17-6-2-5-15(10-17)19(27)24-20-23-18-8-7-16(12-26(18)25-20)14-4-1-3-13(9-14)11-22/h1-6,9-10,16H,7-8,11-12,22H2,(H,24,25,27). The molecule has 6 nitrogen and oxygen atoms in total. The van der Waals surface area contributed by atoms with E-state index in [1.165, 1.54) is 23.8 Å². The van der Waals surface area contributed by atoms with Crippen molar-refractivity contribution in [3.05, 3.63) is 76.9 Å². The van der Waals surface area contributed by atoms with Crippen LogP contribution < -0.4 is 11.1 Å². The van der Waals surface area contributed by atoms with Crippen molar-refractivity contribution in [2.24, 2.45) is 5.73 Å². The number of aromatic nitrogens is 3. The Balaban J connectivity index is 1.49. The van der Waals surface area contributed by atoms with Gasteiger partial charge in [-0.2, -0.15) is 4.98 Å². The second-order valence-corrected chi connectivity index (χ2v) is 6.68. The predicted octanol–water partition coefficient (Wildman–Crippen LogP) is 2.86. The Morgan fingerprint density at radius 2 is 2.11 bits per heavy atom. The number of carbonyl (C=O) groups is 1. The maximum atomic E-state index is 13.3. The number of benzene rings is 2. The Morgan fingerprint density at radius 1 is 1.26 bits per heavy atom. The van der Waals surface area contributed by atoms with Crippen molar-refractivity contribution < 1.29 is 9.18 Å². The molecule has 0 spiro atoms. The molecule has 0 saturated carbocycles. The van der Waals surface area contributed by atoms with Crippen LogP contribution in [0.4, 0.5) is 10.3 Å². The summed E-state index contributed by atoms with van der Waals surface area (Å²) in [4.78, 5) is 16.7. The first kappa shape index (κ1) is 17.4. The minimum atomic E-state index is -0.456. The van der Waals surface area contributed by atoms with E-state index in [1.54, 1.807) is 6.07 Å². The van der Waals surface area contributed by atoms with Crippen LogP contribution in [0.1, 0.15) is 39.6 Å². The predicted molar refractivity (Wildman–Crippen MR) is 99.8 cm³/mol. The van der Waals surface area contributed by atoms with Crippen LogP contribution in [0.5, 0.6) is 0 Å². The van der Waals surface area contributed by atoms with E-state index in [2.05, 4.69) is 27.5 Å². The molecular formula is C20H20FN5O. The molecule has 1 unspecified atom stereocenters. The van der Waals surface area contributed by atoms with Gasteiger partial charge in [-0.15, -0.1) is 5.10 Å². The van der Waals surface area contributed by atoms with Crippen molar-refractivity contribution in [3.8, 4) is 0 Å². The van der Waals surface area contributed by atoms with Crippen LogP contribution in [-0.4, -0.2) is 20.7 Å². The maximum absolute atomic E-state index is 13.3. The van der Waals surface area contributed by atoms with E-state index >= 15 is 0 Å². The van der Waals surface area contributed by atoms with E-state index in [0.717, 1.165) is 24.2 Å². The lowest BCUT2D eigenvalue weighted by molar-refractivity contribution is 0.102. The minimum Gasteiger partial charge on any atom is -0.326 e. The molecule has 1 aromatic heterocycles. The molecule has 138 valence electrons. The summed E-state index contributed by atoms with van der Waals surface area (Å²) >= 11 is 0. The number of amides is 1. The number of hydrogen-bond acceptors (Lipinski definition) is 4. The largest absolute Gasteiger partial charge is 0.326 e. The molecule has 0 bridgehead atoms. The zero-order chi connectivity index (χ0) is 18.8. The molecule has 2 heterocycles. The fourth-order valence-electron chi connectivity index (χ4n) is 3.41. The molecule has 1 atom stereocenters. The number of hydrogen-bond donors (Lipinski definition) is 2. The van der Waals surface area contributed by atoms with Gasteiger partial charge in [0.25, 0.3) is 5.91 Å². The molecule has 1 aliphatic heterocycles. The van der Waals surface area contributed by atoms with Crippen molar-refractivity contribution in [2.75, 3.05) is 5.32 Å². The smallest absolute Gasteiger partial charge is 0.258 e. The summed E-state index contributed by atoms with van der Waals surface area (Å²) in [7, 11) is 0. The van der Waals surface area contributed by atoms with Crippen molar-refractivity contribution in [1.29, 1.82) is 0 Å². The molecule has 1 amide bonds. The summed E-state index contributed by atoms with van der Waals surface area (Å²) in [6.07, 6.45) is 1.74. The molecule has 7 heteroatoms. The van der Waals surface area contributed by atoms with Crippen LogP contribution in [0.25, 0.3) is 0 Å². The Kier molecular flexibility index (Phi) is 4.68. The van der Waals surface area contributed by atoms with Gasteiger partial charge in [-0.25, -0.2) is 9.07 Å². The van der Waals surface area contributed by atoms with Gasteiger partial charge in [0.1, 0.15) is 11.6 Å². The molecule has 0 aliphatic carbocycles. The van der Waals surface area contributed by atoms with Crippen molar-refractivity contribution in [3.63, 3.8) is 0 Å². The number of aryl methyl sites for hydroxylation is 1. The second kappa shape index (κ2) is 7.28.